The SMILES string of the molecule is OC1c2cccnc2SCc2c1ccc(F)c2F. The average Bonchev–Trinajstić information content (AvgIpc) is 2.53. The molecule has 0 radical (unpaired) electrons. The number of hydrogen-bond acceptors (Lipinski definition) is 3. The molecule has 1 aromatic heterocycles. The van der Waals surface area contributed by atoms with Gasteiger partial charge in [0, 0.05) is 23.1 Å². The van der Waals surface area contributed by atoms with Crippen molar-refractivity contribution in [2.24, 2.45) is 0 Å². The Morgan fingerprint density at radius 3 is 2.89 bits per heavy atom. The van der Waals surface area contributed by atoms with E-state index in [4.69, 9.17) is 0 Å². The molecule has 18 heavy (non-hydrogen) atoms. The topological polar surface area (TPSA) is 33.1 Å². The maximum Gasteiger partial charge on any atom is 0.163 e. The highest BCUT2D eigenvalue weighted by molar-refractivity contribution is 7.98. The van der Waals surface area contributed by atoms with Crippen LogP contribution in [0.1, 0.15) is 22.8 Å². The van der Waals surface area contributed by atoms with Gasteiger partial charge in [0.25, 0.3) is 0 Å². The normalized spacial score (nSPS) is 17.8. The fourth-order valence-electron chi connectivity index (χ4n) is 2.05. The molecule has 1 aliphatic heterocycles. The van der Waals surface area contributed by atoms with Crippen LogP contribution >= 0.6 is 11.8 Å². The number of aliphatic hydroxyl groups is 1. The minimum atomic E-state index is -0.964. The molecular weight excluding hydrogens is 256 g/mol. The minimum Gasteiger partial charge on any atom is -0.384 e. The van der Waals surface area contributed by atoms with Crippen LogP contribution in [0.3, 0.4) is 0 Å². The van der Waals surface area contributed by atoms with Crippen molar-refractivity contribution >= 4 is 11.8 Å². The van der Waals surface area contributed by atoms with Gasteiger partial charge in [0.05, 0.1) is 0 Å². The smallest absolute Gasteiger partial charge is 0.163 e. The van der Waals surface area contributed by atoms with Gasteiger partial charge in [-0.3, -0.25) is 0 Å². The molecule has 0 amide bonds. The third kappa shape index (κ3) is 1.71. The summed E-state index contributed by atoms with van der Waals surface area (Å²) in [6, 6.07) is 5.94. The van der Waals surface area contributed by atoms with Crippen LogP contribution in [0.5, 0.6) is 0 Å². The van der Waals surface area contributed by atoms with E-state index in [0.717, 1.165) is 6.07 Å². The van der Waals surface area contributed by atoms with E-state index in [1.54, 1.807) is 18.3 Å². The predicted octanol–water partition coefficient (Wildman–Crippen LogP) is 3.05. The van der Waals surface area contributed by atoms with Crippen molar-refractivity contribution in [3.63, 3.8) is 0 Å². The third-order valence-electron chi connectivity index (χ3n) is 2.98. The fraction of sp³-hybridized carbons (Fsp3) is 0.154. The molecule has 1 atom stereocenters. The standard InChI is InChI=1S/C13H9F2NOS/c14-10-4-3-7-9(11(10)15)6-18-13-8(12(7)17)2-1-5-16-13/h1-5,12,17H,6H2. The Morgan fingerprint density at radius 2 is 2.06 bits per heavy atom. The first kappa shape index (κ1) is 11.6. The lowest BCUT2D eigenvalue weighted by molar-refractivity contribution is 0.215. The van der Waals surface area contributed by atoms with Crippen LogP contribution in [0, 0.1) is 11.6 Å². The summed E-state index contributed by atoms with van der Waals surface area (Å²) in [7, 11) is 0. The van der Waals surface area contributed by atoms with Crippen LogP contribution in [-0.2, 0) is 5.75 Å². The van der Waals surface area contributed by atoms with E-state index in [-0.39, 0.29) is 11.3 Å². The zero-order chi connectivity index (χ0) is 12.7. The van der Waals surface area contributed by atoms with Crippen LogP contribution in [0.4, 0.5) is 8.78 Å². The van der Waals surface area contributed by atoms with Crippen molar-refractivity contribution in [1.82, 2.24) is 4.98 Å². The molecule has 1 aromatic carbocycles. The van der Waals surface area contributed by atoms with E-state index in [2.05, 4.69) is 4.98 Å². The lowest BCUT2D eigenvalue weighted by atomic mass is 9.98. The van der Waals surface area contributed by atoms with Crippen LogP contribution < -0.4 is 0 Å². The third-order valence-corrected chi connectivity index (χ3v) is 4.02. The molecule has 92 valence electrons. The first-order chi connectivity index (χ1) is 8.68. The molecule has 1 aliphatic rings. The molecule has 0 saturated carbocycles. The Morgan fingerprint density at radius 1 is 1.22 bits per heavy atom. The summed E-state index contributed by atoms with van der Waals surface area (Å²) >= 11 is 1.30. The highest BCUT2D eigenvalue weighted by atomic mass is 32.2. The summed E-state index contributed by atoms with van der Waals surface area (Å²) in [4.78, 5) is 4.15. The van der Waals surface area contributed by atoms with Gasteiger partial charge in [0.1, 0.15) is 11.1 Å². The van der Waals surface area contributed by atoms with Crippen molar-refractivity contribution in [2.45, 2.75) is 16.9 Å². The van der Waals surface area contributed by atoms with Gasteiger partial charge in [-0.25, -0.2) is 13.8 Å². The second-order valence-electron chi connectivity index (χ2n) is 4.02. The molecule has 1 N–H and O–H groups in total. The highest BCUT2D eigenvalue weighted by Gasteiger charge is 2.26. The van der Waals surface area contributed by atoms with Gasteiger partial charge in [-0.05, 0) is 17.7 Å². The predicted molar refractivity (Wildman–Crippen MR) is 64.2 cm³/mol. The van der Waals surface area contributed by atoms with E-state index in [0.29, 0.717) is 16.2 Å². The zero-order valence-corrected chi connectivity index (χ0v) is 10.0. The van der Waals surface area contributed by atoms with Crippen molar-refractivity contribution in [3.8, 4) is 0 Å². The summed E-state index contributed by atoms with van der Waals surface area (Å²) in [5.41, 5.74) is 1.26. The fourth-order valence-corrected chi connectivity index (χ4v) is 3.11. The van der Waals surface area contributed by atoms with Crippen LogP contribution in [0.15, 0.2) is 35.5 Å². The molecule has 0 saturated heterocycles. The maximum absolute atomic E-state index is 13.7. The number of pyridine rings is 1. The molecule has 2 nitrogen and oxygen atoms in total. The van der Waals surface area contributed by atoms with Gasteiger partial charge in [0.15, 0.2) is 11.6 Å². The summed E-state index contributed by atoms with van der Waals surface area (Å²) in [5, 5.41) is 10.9. The Labute approximate surface area is 107 Å². The molecule has 5 heteroatoms. The largest absolute Gasteiger partial charge is 0.384 e. The lowest BCUT2D eigenvalue weighted by Gasteiger charge is -2.13. The van der Waals surface area contributed by atoms with E-state index in [1.165, 1.54) is 17.8 Å². The van der Waals surface area contributed by atoms with Gasteiger partial charge in [-0.1, -0.05) is 12.1 Å². The first-order valence-electron chi connectivity index (χ1n) is 5.41. The Bertz CT molecular complexity index is 618. The number of fused-ring (bicyclic) bond motifs is 2. The average molecular weight is 265 g/mol. The molecular formula is C13H9F2NOS. The number of thioether (sulfide) groups is 1. The number of halogens is 2. The summed E-state index contributed by atoms with van der Waals surface area (Å²) in [6.07, 6.45) is 0.652. The van der Waals surface area contributed by atoms with E-state index in [1.807, 2.05) is 0 Å². The number of nitrogens with zero attached hydrogens (tertiary/aromatic N) is 1. The Balaban J connectivity index is 2.21. The Hall–Kier alpha value is -1.46. The second kappa shape index (κ2) is 4.33. The van der Waals surface area contributed by atoms with Crippen LogP contribution in [-0.4, -0.2) is 10.1 Å². The van der Waals surface area contributed by atoms with Crippen molar-refractivity contribution < 1.29 is 13.9 Å². The molecule has 0 fully saturated rings. The van der Waals surface area contributed by atoms with Gasteiger partial charge in [-0.15, -0.1) is 11.8 Å². The van der Waals surface area contributed by atoms with E-state index in [9.17, 15) is 13.9 Å². The molecule has 1 unspecified atom stereocenters. The quantitative estimate of drug-likeness (QED) is 0.794. The number of benzene rings is 1. The van der Waals surface area contributed by atoms with Crippen LogP contribution in [0.2, 0.25) is 0 Å². The molecule has 0 spiro atoms. The van der Waals surface area contributed by atoms with E-state index < -0.39 is 17.7 Å². The van der Waals surface area contributed by atoms with Crippen LogP contribution in [0.25, 0.3) is 0 Å². The van der Waals surface area contributed by atoms with Crippen molar-refractivity contribution in [1.29, 1.82) is 0 Å². The van der Waals surface area contributed by atoms with Gasteiger partial charge in [0.2, 0.25) is 0 Å². The highest BCUT2D eigenvalue weighted by Crippen LogP contribution is 2.39. The monoisotopic (exact) mass is 265 g/mol. The molecule has 3 rings (SSSR count). The van der Waals surface area contributed by atoms with Gasteiger partial charge in [-0.2, -0.15) is 0 Å². The summed E-state index contributed by atoms with van der Waals surface area (Å²) in [5.74, 6) is -1.51. The van der Waals surface area contributed by atoms with Crippen molar-refractivity contribution in [2.75, 3.05) is 0 Å². The minimum absolute atomic E-state index is 0.213. The maximum atomic E-state index is 13.7. The number of aliphatic hydroxyl groups excluding tert-OH is 1. The molecule has 2 heterocycles. The number of rotatable bonds is 0. The van der Waals surface area contributed by atoms with Gasteiger partial charge >= 0.3 is 0 Å². The Kier molecular flexibility index (Phi) is 2.80. The van der Waals surface area contributed by atoms with Crippen molar-refractivity contribution in [3.05, 3.63) is 58.8 Å². The van der Waals surface area contributed by atoms with E-state index >= 15 is 0 Å². The molecule has 2 aromatic rings. The molecule has 0 bridgehead atoms. The lowest BCUT2D eigenvalue weighted by Crippen LogP contribution is -2.05. The van der Waals surface area contributed by atoms with Gasteiger partial charge < -0.3 is 5.11 Å². The molecule has 0 aliphatic carbocycles. The summed E-state index contributed by atoms with van der Waals surface area (Å²) < 4.78 is 27.0. The number of aromatic nitrogens is 1. The number of hydrogen-bond donors (Lipinski definition) is 1. The summed E-state index contributed by atoms with van der Waals surface area (Å²) in [6.45, 7) is 0. The zero-order valence-electron chi connectivity index (χ0n) is 9.23. The first-order valence-corrected chi connectivity index (χ1v) is 6.39. The second-order valence-corrected chi connectivity index (χ2v) is 4.98.